The van der Waals surface area contributed by atoms with Crippen LogP contribution in [-0.4, -0.2) is 42.3 Å². The summed E-state index contributed by atoms with van der Waals surface area (Å²) in [6.07, 6.45) is 0. The van der Waals surface area contributed by atoms with Crippen molar-refractivity contribution in [2.75, 3.05) is 24.6 Å². The average Bonchev–Trinajstić information content (AvgIpc) is 2.86. The molecule has 2 aromatic rings. The minimum absolute atomic E-state index is 0.0435. The van der Waals surface area contributed by atoms with E-state index in [2.05, 4.69) is 0 Å². The third kappa shape index (κ3) is 2.46. The van der Waals surface area contributed by atoms with Crippen LogP contribution < -0.4 is 9.64 Å². The number of ether oxygens (including phenoxy) is 1. The van der Waals surface area contributed by atoms with E-state index in [0.717, 1.165) is 5.56 Å². The van der Waals surface area contributed by atoms with Crippen LogP contribution in [0.25, 0.3) is 0 Å². The zero-order valence-corrected chi connectivity index (χ0v) is 13.7. The van der Waals surface area contributed by atoms with Crippen molar-refractivity contribution in [3.05, 3.63) is 59.2 Å². The first-order chi connectivity index (χ1) is 12.1. The van der Waals surface area contributed by atoms with Crippen LogP contribution in [0.4, 0.5) is 5.69 Å². The second-order valence-electron chi connectivity index (χ2n) is 6.11. The summed E-state index contributed by atoms with van der Waals surface area (Å²) in [4.78, 5) is 39.9. The van der Waals surface area contributed by atoms with Gasteiger partial charge in [0.2, 0.25) is 0 Å². The highest BCUT2D eigenvalue weighted by Crippen LogP contribution is 2.33. The van der Waals surface area contributed by atoms with E-state index in [1.807, 2.05) is 25.1 Å². The van der Waals surface area contributed by atoms with Crippen LogP contribution in [0, 0.1) is 6.92 Å². The van der Waals surface area contributed by atoms with Gasteiger partial charge in [0, 0.05) is 13.1 Å². The molecule has 0 radical (unpaired) electrons. The fourth-order valence-electron chi connectivity index (χ4n) is 3.20. The van der Waals surface area contributed by atoms with Crippen molar-refractivity contribution in [1.82, 2.24) is 4.90 Å². The smallest absolute Gasteiger partial charge is 0.265 e. The highest BCUT2D eigenvalue weighted by atomic mass is 16.5. The minimum atomic E-state index is -0.314. The number of amides is 3. The van der Waals surface area contributed by atoms with Gasteiger partial charge in [0.05, 0.1) is 16.8 Å². The van der Waals surface area contributed by atoms with E-state index in [-0.39, 0.29) is 37.4 Å². The maximum absolute atomic E-state index is 12.4. The number of rotatable bonds is 3. The number of hydrogen-bond donors (Lipinski definition) is 0. The Morgan fingerprint density at radius 2 is 1.56 bits per heavy atom. The summed E-state index contributed by atoms with van der Waals surface area (Å²) in [6, 6.07) is 12.4. The van der Waals surface area contributed by atoms with Crippen molar-refractivity contribution in [3.8, 4) is 5.75 Å². The molecule has 2 aliphatic heterocycles. The lowest BCUT2D eigenvalue weighted by Crippen LogP contribution is -2.44. The number of benzene rings is 2. The number of anilines is 1. The first-order valence-electron chi connectivity index (χ1n) is 8.05. The van der Waals surface area contributed by atoms with E-state index in [1.165, 1.54) is 4.90 Å². The standard InChI is InChI=1S/C19H16N2O4/c1-12-6-7-16-15(10-12)20(17(22)11-25-16)8-9-21-18(23)13-4-2-3-5-14(13)19(21)24/h2-7,10H,8-9,11H2,1H3. The van der Waals surface area contributed by atoms with Gasteiger partial charge in [0.1, 0.15) is 5.75 Å². The molecule has 0 N–H and O–H groups in total. The maximum atomic E-state index is 12.4. The molecular weight excluding hydrogens is 320 g/mol. The molecule has 2 heterocycles. The van der Waals surface area contributed by atoms with Crippen LogP contribution >= 0.6 is 0 Å². The summed E-state index contributed by atoms with van der Waals surface area (Å²) in [5, 5.41) is 0. The van der Waals surface area contributed by atoms with Gasteiger partial charge in [-0.25, -0.2) is 0 Å². The minimum Gasteiger partial charge on any atom is -0.482 e. The van der Waals surface area contributed by atoms with E-state index in [0.29, 0.717) is 22.6 Å². The number of fused-ring (bicyclic) bond motifs is 2. The number of imide groups is 1. The van der Waals surface area contributed by atoms with Gasteiger partial charge in [-0.2, -0.15) is 0 Å². The van der Waals surface area contributed by atoms with Crippen molar-refractivity contribution in [2.24, 2.45) is 0 Å². The first-order valence-corrected chi connectivity index (χ1v) is 8.05. The Balaban J connectivity index is 1.57. The fraction of sp³-hybridized carbons (Fsp3) is 0.211. The van der Waals surface area contributed by atoms with Gasteiger partial charge >= 0.3 is 0 Å². The Morgan fingerprint density at radius 3 is 2.24 bits per heavy atom. The largest absolute Gasteiger partial charge is 0.482 e. The monoisotopic (exact) mass is 336 g/mol. The van der Waals surface area contributed by atoms with Crippen LogP contribution in [0.3, 0.4) is 0 Å². The Bertz CT molecular complexity index is 871. The molecule has 6 nitrogen and oxygen atoms in total. The molecule has 3 amide bonds. The predicted octanol–water partition coefficient (Wildman–Crippen LogP) is 2.02. The summed E-state index contributed by atoms with van der Waals surface area (Å²) < 4.78 is 5.45. The molecule has 6 heteroatoms. The summed E-state index contributed by atoms with van der Waals surface area (Å²) in [5.41, 5.74) is 2.50. The van der Waals surface area contributed by atoms with Crippen molar-refractivity contribution >= 4 is 23.4 Å². The molecule has 0 saturated heterocycles. The van der Waals surface area contributed by atoms with Crippen LogP contribution in [-0.2, 0) is 4.79 Å². The van der Waals surface area contributed by atoms with Gasteiger partial charge in [-0.05, 0) is 36.8 Å². The lowest BCUT2D eigenvalue weighted by Gasteiger charge is -2.30. The van der Waals surface area contributed by atoms with Gasteiger partial charge < -0.3 is 9.64 Å². The van der Waals surface area contributed by atoms with Crippen molar-refractivity contribution in [2.45, 2.75) is 6.92 Å². The molecule has 0 bridgehead atoms. The zero-order valence-electron chi connectivity index (χ0n) is 13.7. The predicted molar refractivity (Wildman–Crippen MR) is 90.8 cm³/mol. The molecule has 25 heavy (non-hydrogen) atoms. The summed E-state index contributed by atoms with van der Waals surface area (Å²) in [6.45, 7) is 2.27. The Morgan fingerprint density at radius 1 is 0.920 bits per heavy atom. The molecule has 0 aromatic heterocycles. The molecule has 2 aromatic carbocycles. The number of carbonyl (C=O) groups excluding carboxylic acids is 3. The van der Waals surface area contributed by atoms with E-state index in [9.17, 15) is 14.4 Å². The molecule has 0 aliphatic carbocycles. The van der Waals surface area contributed by atoms with E-state index >= 15 is 0 Å². The molecule has 0 unspecified atom stereocenters. The van der Waals surface area contributed by atoms with E-state index in [4.69, 9.17) is 4.74 Å². The maximum Gasteiger partial charge on any atom is 0.265 e. The van der Waals surface area contributed by atoms with Crippen LogP contribution in [0.15, 0.2) is 42.5 Å². The molecular formula is C19H16N2O4. The highest BCUT2D eigenvalue weighted by Gasteiger charge is 2.36. The molecule has 2 aliphatic rings. The van der Waals surface area contributed by atoms with E-state index < -0.39 is 0 Å². The Labute approximate surface area is 144 Å². The van der Waals surface area contributed by atoms with E-state index in [1.54, 1.807) is 29.2 Å². The van der Waals surface area contributed by atoms with Crippen molar-refractivity contribution in [3.63, 3.8) is 0 Å². The third-order valence-electron chi connectivity index (χ3n) is 4.48. The second kappa shape index (κ2) is 5.73. The SMILES string of the molecule is Cc1ccc2c(c1)N(CCN1C(=O)c3ccccc3C1=O)C(=O)CO2. The average molecular weight is 336 g/mol. The summed E-state index contributed by atoms with van der Waals surface area (Å²) in [7, 11) is 0. The van der Waals surface area contributed by atoms with Gasteiger partial charge in [-0.15, -0.1) is 0 Å². The first kappa shape index (κ1) is 15.4. The van der Waals surface area contributed by atoms with Crippen LogP contribution in [0.5, 0.6) is 5.75 Å². The number of aryl methyl sites for hydroxylation is 1. The van der Waals surface area contributed by atoms with Crippen LogP contribution in [0.1, 0.15) is 26.3 Å². The second-order valence-corrected chi connectivity index (χ2v) is 6.11. The third-order valence-corrected chi connectivity index (χ3v) is 4.48. The molecule has 4 rings (SSSR count). The normalized spacial score (nSPS) is 16.0. The highest BCUT2D eigenvalue weighted by molar-refractivity contribution is 6.21. The topological polar surface area (TPSA) is 66.9 Å². The molecule has 0 spiro atoms. The van der Waals surface area contributed by atoms with Gasteiger partial charge in [-0.1, -0.05) is 18.2 Å². The fourth-order valence-corrected chi connectivity index (χ4v) is 3.20. The zero-order chi connectivity index (χ0) is 17.6. The molecule has 126 valence electrons. The van der Waals surface area contributed by atoms with Gasteiger partial charge in [0.25, 0.3) is 17.7 Å². The lowest BCUT2D eigenvalue weighted by atomic mass is 10.1. The Hall–Kier alpha value is -3.15. The number of carbonyl (C=O) groups is 3. The number of hydrogen-bond acceptors (Lipinski definition) is 4. The summed E-state index contributed by atoms with van der Waals surface area (Å²) in [5.74, 6) is -0.182. The molecule has 0 atom stereocenters. The lowest BCUT2D eigenvalue weighted by molar-refractivity contribution is -0.121. The van der Waals surface area contributed by atoms with Crippen molar-refractivity contribution in [1.29, 1.82) is 0 Å². The number of nitrogens with zero attached hydrogens (tertiary/aromatic N) is 2. The summed E-state index contributed by atoms with van der Waals surface area (Å²) >= 11 is 0. The van der Waals surface area contributed by atoms with Gasteiger partial charge in [0.15, 0.2) is 6.61 Å². The molecule has 0 saturated carbocycles. The van der Waals surface area contributed by atoms with Gasteiger partial charge in [-0.3, -0.25) is 19.3 Å². The van der Waals surface area contributed by atoms with Crippen molar-refractivity contribution < 1.29 is 19.1 Å². The van der Waals surface area contributed by atoms with Crippen LogP contribution in [0.2, 0.25) is 0 Å². The quantitative estimate of drug-likeness (QED) is 0.804. The Kier molecular flexibility index (Phi) is 3.53. The molecule has 0 fully saturated rings.